The molecule has 0 aromatic heterocycles. The molecule has 0 bridgehead atoms. The first kappa shape index (κ1) is 23.2. The molecular formula is C18H25Cl3O4Si. The number of ether oxygens (including phenoxy) is 2. The zero-order valence-corrected chi connectivity index (χ0v) is 18.3. The predicted octanol–water partition coefficient (Wildman–Crippen LogP) is 6.10. The van der Waals surface area contributed by atoms with E-state index < -0.39 is 17.7 Å². The van der Waals surface area contributed by atoms with Gasteiger partial charge in [0.2, 0.25) is 0 Å². The summed E-state index contributed by atoms with van der Waals surface area (Å²) in [4.78, 5) is 10.7. The molecule has 0 saturated carbocycles. The number of carboxylic acids is 1. The maximum Gasteiger partial charge on any atom is 0.381 e. The van der Waals surface area contributed by atoms with Crippen LogP contribution in [0.5, 0.6) is 11.5 Å². The van der Waals surface area contributed by atoms with Crippen molar-refractivity contribution in [1.82, 2.24) is 0 Å². The average Bonchev–Trinajstić information content (AvgIpc) is 2.58. The van der Waals surface area contributed by atoms with Crippen LogP contribution < -0.4 is 9.47 Å². The topological polar surface area (TPSA) is 55.8 Å². The van der Waals surface area contributed by atoms with Gasteiger partial charge < -0.3 is 14.6 Å². The van der Waals surface area contributed by atoms with Gasteiger partial charge in [-0.3, -0.25) is 0 Å². The molecule has 4 nitrogen and oxygen atoms in total. The van der Waals surface area contributed by atoms with E-state index in [4.69, 9.17) is 47.8 Å². The van der Waals surface area contributed by atoms with Gasteiger partial charge in [-0.1, -0.05) is 38.7 Å². The first-order valence-corrected chi connectivity index (χ1v) is 13.7. The lowest BCUT2D eigenvalue weighted by Gasteiger charge is -2.25. The highest BCUT2D eigenvalue weighted by Gasteiger charge is 2.39. The number of rotatable bonds is 12. The van der Waals surface area contributed by atoms with E-state index in [2.05, 4.69) is 6.92 Å². The molecule has 146 valence electrons. The second kappa shape index (κ2) is 11.8. The van der Waals surface area contributed by atoms with E-state index in [0.29, 0.717) is 23.5 Å². The first-order chi connectivity index (χ1) is 12.3. The Hall–Kier alpha value is -0.883. The molecule has 0 amide bonds. The van der Waals surface area contributed by atoms with Crippen molar-refractivity contribution in [3.05, 3.63) is 29.8 Å². The molecule has 1 rings (SSSR count). The van der Waals surface area contributed by atoms with Crippen molar-refractivity contribution in [3.8, 4) is 11.5 Å². The molecule has 1 N–H and O–H groups in total. The number of halogens is 3. The number of aliphatic carboxylic acids is 1. The van der Waals surface area contributed by atoms with Crippen LogP contribution in [0.15, 0.2) is 24.3 Å². The first-order valence-electron chi connectivity index (χ1n) is 8.60. The van der Waals surface area contributed by atoms with E-state index in [9.17, 15) is 4.79 Å². The van der Waals surface area contributed by atoms with Crippen LogP contribution in [-0.4, -0.2) is 29.9 Å². The summed E-state index contributed by atoms with van der Waals surface area (Å²) in [6, 6.07) is 2.02. The smallest absolute Gasteiger partial charge is 0.381 e. The molecule has 0 aliphatic carbocycles. The van der Waals surface area contributed by atoms with E-state index in [1.165, 1.54) is 26.0 Å². The Kier molecular flexibility index (Phi) is 10.5. The number of unbranched alkanes of at least 4 members (excludes halogenated alkanes) is 4. The van der Waals surface area contributed by atoms with Gasteiger partial charge >= 0.3 is 12.0 Å². The zero-order valence-electron chi connectivity index (χ0n) is 15.0. The molecule has 0 saturated heterocycles. The van der Waals surface area contributed by atoms with Crippen LogP contribution in [0.3, 0.4) is 0 Å². The fraction of sp³-hybridized carbons (Fsp3) is 0.500. The molecule has 0 fully saturated rings. The van der Waals surface area contributed by atoms with Gasteiger partial charge in [-0.05, 0) is 36.6 Å². The third-order valence-corrected chi connectivity index (χ3v) is 7.14. The highest BCUT2D eigenvalue weighted by Crippen LogP contribution is 2.35. The molecule has 1 atom stereocenters. The molecule has 26 heavy (non-hydrogen) atoms. The highest BCUT2D eigenvalue weighted by atomic mass is 35.8. The Balaban J connectivity index is 2.90. The fourth-order valence-electron chi connectivity index (χ4n) is 2.43. The molecule has 0 heterocycles. The van der Waals surface area contributed by atoms with Crippen molar-refractivity contribution in [3.63, 3.8) is 0 Å². The van der Waals surface area contributed by atoms with Crippen LogP contribution in [-0.2, 0) is 4.79 Å². The number of hydrogen-bond acceptors (Lipinski definition) is 3. The Morgan fingerprint density at radius 2 is 1.88 bits per heavy atom. The fourth-order valence-corrected chi connectivity index (χ4v) is 4.61. The molecule has 1 unspecified atom stereocenters. The molecule has 0 radical (unpaired) electrons. The summed E-state index contributed by atoms with van der Waals surface area (Å²) >= 11 is 18.7. The van der Waals surface area contributed by atoms with Crippen LogP contribution in [0.25, 0.3) is 6.08 Å². The van der Waals surface area contributed by atoms with Crippen LogP contribution >= 0.6 is 33.2 Å². The van der Waals surface area contributed by atoms with E-state index in [-0.39, 0.29) is 0 Å². The largest absolute Gasteiger partial charge is 0.493 e. The summed E-state index contributed by atoms with van der Waals surface area (Å²) in [7, 11) is 1.53. The van der Waals surface area contributed by atoms with Crippen LogP contribution in [0.1, 0.15) is 51.0 Å². The highest BCUT2D eigenvalue weighted by molar-refractivity contribution is 7.65. The van der Waals surface area contributed by atoms with Crippen molar-refractivity contribution in [1.29, 1.82) is 0 Å². The third-order valence-electron chi connectivity index (χ3n) is 3.81. The average molecular weight is 440 g/mol. The molecule has 0 spiro atoms. The summed E-state index contributed by atoms with van der Waals surface area (Å²) < 4.78 is 11.3. The van der Waals surface area contributed by atoms with Gasteiger partial charge in [0.05, 0.1) is 7.11 Å². The van der Waals surface area contributed by atoms with E-state index >= 15 is 0 Å². The van der Waals surface area contributed by atoms with E-state index in [1.807, 2.05) is 0 Å². The van der Waals surface area contributed by atoms with Crippen molar-refractivity contribution in [2.24, 2.45) is 0 Å². The SMILES string of the molecule is CCCCCCCC(Oc1cc(/C=C/C(=O)O)ccc1OC)[Si](Cl)(Cl)Cl. The number of methoxy groups -OCH3 is 1. The monoisotopic (exact) mass is 438 g/mol. The van der Waals surface area contributed by atoms with Gasteiger partial charge in [0, 0.05) is 6.08 Å². The summed E-state index contributed by atoms with van der Waals surface area (Å²) in [5.41, 5.74) is 0.164. The number of carbonyl (C=O) groups is 1. The third kappa shape index (κ3) is 8.67. The van der Waals surface area contributed by atoms with Gasteiger partial charge in [0.15, 0.2) is 11.5 Å². The molecule has 0 aliphatic heterocycles. The quantitative estimate of drug-likeness (QED) is 0.185. The zero-order chi connectivity index (χ0) is 19.6. The minimum absolute atomic E-state index is 0.442. The van der Waals surface area contributed by atoms with Gasteiger partial charge in [-0.25, -0.2) is 4.79 Å². The Morgan fingerprint density at radius 1 is 1.19 bits per heavy atom. The lowest BCUT2D eigenvalue weighted by atomic mass is 10.1. The number of carboxylic acid groups (broad SMARTS) is 1. The number of benzene rings is 1. The Morgan fingerprint density at radius 3 is 2.46 bits per heavy atom. The minimum atomic E-state index is -3.10. The van der Waals surface area contributed by atoms with Gasteiger partial charge in [-0.2, -0.15) is 0 Å². The van der Waals surface area contributed by atoms with Crippen molar-refractivity contribution >= 4 is 51.3 Å². The van der Waals surface area contributed by atoms with E-state index in [1.54, 1.807) is 18.2 Å². The van der Waals surface area contributed by atoms with Crippen molar-refractivity contribution in [2.45, 2.75) is 51.2 Å². The van der Waals surface area contributed by atoms with Gasteiger partial charge in [0.1, 0.15) is 5.73 Å². The molecule has 1 aromatic rings. The second-order valence-corrected chi connectivity index (χ2v) is 14.8. The molecule has 1 aromatic carbocycles. The Bertz CT molecular complexity index is 603. The molecular weight excluding hydrogens is 415 g/mol. The van der Waals surface area contributed by atoms with Crippen molar-refractivity contribution < 1.29 is 19.4 Å². The molecule has 8 heteroatoms. The van der Waals surface area contributed by atoms with Gasteiger partial charge in [0.25, 0.3) is 0 Å². The van der Waals surface area contributed by atoms with Crippen molar-refractivity contribution in [2.75, 3.05) is 7.11 Å². The summed E-state index contributed by atoms with van der Waals surface area (Å²) in [5, 5.41) is 8.77. The maximum absolute atomic E-state index is 10.7. The van der Waals surface area contributed by atoms with Crippen LogP contribution in [0.2, 0.25) is 0 Å². The van der Waals surface area contributed by atoms with Gasteiger partial charge in [-0.15, -0.1) is 33.2 Å². The lowest BCUT2D eigenvalue weighted by molar-refractivity contribution is -0.131. The normalized spacial score (nSPS) is 13.0. The second-order valence-electron chi connectivity index (χ2n) is 5.93. The Labute approximate surface area is 170 Å². The standard InChI is InChI=1S/C18H25Cl3O4Si/c1-3-4-5-6-7-8-18(26(19,20)21)25-16-13-14(10-12-17(22)23)9-11-15(16)24-2/h9-13,18H,3-8H2,1-2H3,(H,22,23)/b12-10+. The van der Waals surface area contributed by atoms with E-state index in [0.717, 1.165) is 25.3 Å². The number of hydrogen-bond donors (Lipinski definition) is 1. The summed E-state index contributed by atoms with van der Waals surface area (Å²) in [5.74, 6) is -0.0731. The van der Waals surface area contributed by atoms with Crippen LogP contribution in [0.4, 0.5) is 0 Å². The van der Waals surface area contributed by atoms with Crippen LogP contribution in [0, 0.1) is 0 Å². The maximum atomic E-state index is 10.7. The predicted molar refractivity (Wildman–Crippen MR) is 111 cm³/mol. The summed E-state index contributed by atoms with van der Waals surface area (Å²) in [6.45, 7) is 2.16. The lowest BCUT2D eigenvalue weighted by Crippen LogP contribution is -2.36. The summed E-state index contributed by atoms with van der Waals surface area (Å²) in [6.07, 6.45) is 8.71. The minimum Gasteiger partial charge on any atom is -0.493 e. The molecule has 0 aliphatic rings.